The third kappa shape index (κ3) is 2.56. The standard InChI is InChI=1S/C18H17F2N3O3/c19-12-7-6-10(9-13(12)20)23-14-4-1-3-11(14)16(21-23)17(24)22-8-2-5-15(22)18(25)26/h6-7,9,15H,1-5,8H2,(H,25,26)/t15-/m0/s1. The van der Waals surface area contributed by atoms with Crippen molar-refractivity contribution in [2.45, 2.75) is 38.1 Å². The largest absolute Gasteiger partial charge is 0.480 e. The smallest absolute Gasteiger partial charge is 0.326 e. The van der Waals surface area contributed by atoms with E-state index in [-0.39, 0.29) is 5.69 Å². The Morgan fingerprint density at radius 3 is 2.69 bits per heavy atom. The molecule has 2 aliphatic rings. The SMILES string of the molecule is O=C(O)[C@@H]1CCCN1C(=O)c1nn(-c2ccc(F)c(F)c2)c2c1CCC2. The summed E-state index contributed by atoms with van der Waals surface area (Å²) in [4.78, 5) is 25.7. The van der Waals surface area contributed by atoms with E-state index in [9.17, 15) is 23.5 Å². The number of amides is 1. The predicted octanol–water partition coefficient (Wildman–Crippen LogP) is 2.33. The second-order valence-electron chi connectivity index (χ2n) is 6.63. The fraction of sp³-hybridized carbons (Fsp3) is 0.389. The van der Waals surface area contributed by atoms with Gasteiger partial charge in [0.2, 0.25) is 0 Å². The van der Waals surface area contributed by atoms with Gasteiger partial charge in [0, 0.05) is 23.9 Å². The van der Waals surface area contributed by atoms with E-state index in [1.807, 2.05) is 0 Å². The van der Waals surface area contributed by atoms with Crippen LogP contribution in [0.2, 0.25) is 0 Å². The van der Waals surface area contributed by atoms with E-state index >= 15 is 0 Å². The van der Waals surface area contributed by atoms with Gasteiger partial charge < -0.3 is 10.0 Å². The molecule has 1 amide bonds. The fourth-order valence-corrected chi connectivity index (χ4v) is 3.84. The number of hydrogen-bond donors (Lipinski definition) is 1. The lowest BCUT2D eigenvalue weighted by Crippen LogP contribution is -2.40. The van der Waals surface area contributed by atoms with Gasteiger partial charge in [0.25, 0.3) is 5.91 Å². The van der Waals surface area contributed by atoms with Crippen molar-refractivity contribution >= 4 is 11.9 Å². The summed E-state index contributed by atoms with van der Waals surface area (Å²) in [5.74, 6) is -3.36. The Morgan fingerprint density at radius 1 is 1.15 bits per heavy atom. The van der Waals surface area contributed by atoms with Crippen molar-refractivity contribution in [1.29, 1.82) is 0 Å². The summed E-state index contributed by atoms with van der Waals surface area (Å²) in [5, 5.41) is 13.7. The molecule has 1 N–H and O–H groups in total. The summed E-state index contributed by atoms with van der Waals surface area (Å²) in [6, 6.07) is 2.64. The molecule has 1 atom stereocenters. The topological polar surface area (TPSA) is 75.4 Å². The molecule has 0 bridgehead atoms. The second-order valence-corrected chi connectivity index (χ2v) is 6.63. The molecule has 1 saturated heterocycles. The van der Waals surface area contributed by atoms with Gasteiger partial charge in [0.05, 0.1) is 5.69 Å². The number of nitrogens with zero attached hydrogens (tertiary/aromatic N) is 3. The fourth-order valence-electron chi connectivity index (χ4n) is 3.84. The number of carbonyl (C=O) groups excluding carboxylic acids is 1. The Kier molecular flexibility index (Phi) is 3.97. The maximum atomic E-state index is 13.6. The first kappa shape index (κ1) is 16.7. The average molecular weight is 361 g/mol. The number of aromatic nitrogens is 2. The van der Waals surface area contributed by atoms with E-state index in [4.69, 9.17) is 0 Å². The molecule has 0 radical (unpaired) electrons. The predicted molar refractivity (Wildman–Crippen MR) is 87.2 cm³/mol. The Morgan fingerprint density at radius 2 is 1.96 bits per heavy atom. The van der Waals surface area contributed by atoms with Crippen molar-refractivity contribution in [2.75, 3.05) is 6.54 Å². The molecule has 1 fully saturated rings. The van der Waals surface area contributed by atoms with Gasteiger partial charge >= 0.3 is 5.97 Å². The van der Waals surface area contributed by atoms with Crippen LogP contribution >= 0.6 is 0 Å². The van der Waals surface area contributed by atoms with Crippen LogP contribution in [0.25, 0.3) is 5.69 Å². The molecule has 0 unspecified atom stereocenters. The molecule has 1 aromatic heterocycles. The first-order valence-corrected chi connectivity index (χ1v) is 8.57. The van der Waals surface area contributed by atoms with E-state index < -0.39 is 29.6 Å². The lowest BCUT2D eigenvalue weighted by atomic mass is 10.1. The maximum Gasteiger partial charge on any atom is 0.326 e. The highest BCUT2D eigenvalue weighted by atomic mass is 19.2. The number of likely N-dealkylation sites (tertiary alicyclic amines) is 1. The Bertz CT molecular complexity index is 909. The van der Waals surface area contributed by atoms with Crippen molar-refractivity contribution < 1.29 is 23.5 Å². The molecule has 26 heavy (non-hydrogen) atoms. The van der Waals surface area contributed by atoms with Crippen LogP contribution in [0.1, 0.15) is 41.0 Å². The summed E-state index contributed by atoms with van der Waals surface area (Å²) in [6.07, 6.45) is 3.23. The normalized spacial score (nSPS) is 19.0. The molecule has 1 aliphatic heterocycles. The average Bonchev–Trinajstić information content (AvgIpc) is 3.32. The Labute approximate surface area is 148 Å². The van der Waals surface area contributed by atoms with Gasteiger partial charge in [-0.2, -0.15) is 5.10 Å². The quantitative estimate of drug-likeness (QED) is 0.910. The zero-order valence-electron chi connectivity index (χ0n) is 13.9. The van der Waals surface area contributed by atoms with Crippen LogP contribution in [0.5, 0.6) is 0 Å². The number of halogens is 2. The van der Waals surface area contributed by atoms with E-state index in [1.165, 1.54) is 15.6 Å². The summed E-state index contributed by atoms with van der Waals surface area (Å²) in [7, 11) is 0. The van der Waals surface area contributed by atoms with Gasteiger partial charge in [-0.1, -0.05) is 0 Å². The second kappa shape index (κ2) is 6.19. The van der Waals surface area contributed by atoms with E-state index in [0.717, 1.165) is 29.8 Å². The van der Waals surface area contributed by atoms with Crippen molar-refractivity contribution in [3.05, 3.63) is 46.8 Å². The monoisotopic (exact) mass is 361 g/mol. The minimum Gasteiger partial charge on any atom is -0.480 e. The minimum absolute atomic E-state index is 0.218. The van der Waals surface area contributed by atoms with Crippen molar-refractivity contribution in [3.63, 3.8) is 0 Å². The first-order valence-electron chi connectivity index (χ1n) is 8.57. The van der Waals surface area contributed by atoms with E-state index in [1.54, 1.807) is 0 Å². The number of aliphatic carboxylic acids is 1. The number of carboxylic acids is 1. The number of carbonyl (C=O) groups is 2. The molecule has 0 spiro atoms. The molecule has 1 aliphatic carbocycles. The van der Waals surface area contributed by atoms with Gasteiger partial charge in [0.15, 0.2) is 17.3 Å². The van der Waals surface area contributed by atoms with E-state index in [0.29, 0.717) is 37.9 Å². The van der Waals surface area contributed by atoms with Gasteiger partial charge in [-0.25, -0.2) is 18.3 Å². The van der Waals surface area contributed by atoms with Gasteiger partial charge in [-0.3, -0.25) is 4.79 Å². The number of fused-ring (bicyclic) bond motifs is 1. The van der Waals surface area contributed by atoms with Crippen molar-refractivity contribution in [2.24, 2.45) is 0 Å². The summed E-state index contributed by atoms with van der Waals surface area (Å²) in [5.41, 5.74) is 2.13. The highest BCUT2D eigenvalue weighted by Gasteiger charge is 2.38. The third-order valence-electron chi connectivity index (χ3n) is 5.08. The Hall–Kier alpha value is -2.77. The zero-order chi connectivity index (χ0) is 18.4. The Balaban J connectivity index is 1.75. The van der Waals surface area contributed by atoms with Gasteiger partial charge in [-0.15, -0.1) is 0 Å². The van der Waals surface area contributed by atoms with Crippen LogP contribution in [-0.4, -0.2) is 44.3 Å². The van der Waals surface area contributed by atoms with Crippen molar-refractivity contribution in [3.8, 4) is 5.69 Å². The van der Waals surface area contributed by atoms with Gasteiger partial charge in [0.1, 0.15) is 6.04 Å². The molecule has 8 heteroatoms. The van der Waals surface area contributed by atoms with E-state index in [2.05, 4.69) is 5.10 Å². The van der Waals surface area contributed by atoms with Crippen LogP contribution in [0, 0.1) is 11.6 Å². The molecule has 2 heterocycles. The summed E-state index contributed by atoms with van der Waals surface area (Å²) < 4.78 is 28.3. The molecular formula is C18H17F2N3O3. The number of benzene rings is 1. The highest BCUT2D eigenvalue weighted by molar-refractivity contribution is 5.97. The lowest BCUT2D eigenvalue weighted by molar-refractivity contribution is -0.141. The molecule has 136 valence electrons. The zero-order valence-corrected chi connectivity index (χ0v) is 13.9. The molecule has 6 nitrogen and oxygen atoms in total. The lowest BCUT2D eigenvalue weighted by Gasteiger charge is -2.20. The number of hydrogen-bond acceptors (Lipinski definition) is 3. The third-order valence-corrected chi connectivity index (χ3v) is 5.08. The van der Waals surface area contributed by atoms with Crippen molar-refractivity contribution in [1.82, 2.24) is 14.7 Å². The minimum atomic E-state index is -1.02. The maximum absolute atomic E-state index is 13.6. The molecule has 4 rings (SSSR count). The number of rotatable bonds is 3. The first-order chi connectivity index (χ1) is 12.5. The number of carboxylic acid groups (broad SMARTS) is 1. The van der Waals surface area contributed by atoms with Crippen LogP contribution in [-0.2, 0) is 17.6 Å². The van der Waals surface area contributed by atoms with Gasteiger partial charge in [-0.05, 0) is 44.2 Å². The summed E-state index contributed by atoms with van der Waals surface area (Å²) in [6.45, 7) is 0.378. The molecule has 0 saturated carbocycles. The van der Waals surface area contributed by atoms with Crippen LogP contribution in [0.4, 0.5) is 8.78 Å². The molecular weight excluding hydrogens is 344 g/mol. The summed E-state index contributed by atoms with van der Waals surface area (Å²) >= 11 is 0. The molecule has 1 aromatic carbocycles. The van der Waals surface area contributed by atoms with Crippen LogP contribution in [0.3, 0.4) is 0 Å². The van der Waals surface area contributed by atoms with Crippen LogP contribution in [0.15, 0.2) is 18.2 Å². The molecule has 2 aromatic rings. The van der Waals surface area contributed by atoms with Crippen LogP contribution < -0.4 is 0 Å². The highest BCUT2D eigenvalue weighted by Crippen LogP contribution is 2.30.